The largest absolute Gasteiger partial charge is 0.474 e. The molecule has 1 heterocycles. The van der Waals surface area contributed by atoms with Gasteiger partial charge in [0, 0.05) is 12.1 Å². The SMILES string of the molecule is CCCCCCC(C)Oc1ncc(F)cc1CNCC. The van der Waals surface area contributed by atoms with Crippen LogP contribution in [-0.2, 0) is 6.54 Å². The number of halogens is 1. The van der Waals surface area contributed by atoms with Gasteiger partial charge in [0.2, 0.25) is 5.88 Å². The zero-order chi connectivity index (χ0) is 14.8. The molecule has 3 nitrogen and oxygen atoms in total. The smallest absolute Gasteiger partial charge is 0.218 e. The van der Waals surface area contributed by atoms with E-state index in [0.29, 0.717) is 12.4 Å². The summed E-state index contributed by atoms with van der Waals surface area (Å²) in [5.41, 5.74) is 0.784. The summed E-state index contributed by atoms with van der Waals surface area (Å²) in [6, 6.07) is 1.49. The van der Waals surface area contributed by atoms with Gasteiger partial charge in [-0.1, -0.05) is 33.1 Å². The number of hydrogen-bond acceptors (Lipinski definition) is 3. The van der Waals surface area contributed by atoms with E-state index < -0.39 is 0 Å². The van der Waals surface area contributed by atoms with E-state index in [0.717, 1.165) is 18.5 Å². The molecule has 0 aliphatic rings. The molecular weight excluding hydrogens is 255 g/mol. The van der Waals surface area contributed by atoms with Crippen LogP contribution in [0.3, 0.4) is 0 Å². The Balaban J connectivity index is 2.52. The fourth-order valence-corrected chi connectivity index (χ4v) is 2.07. The van der Waals surface area contributed by atoms with Gasteiger partial charge in [-0.05, 0) is 32.4 Å². The molecule has 0 saturated heterocycles. The van der Waals surface area contributed by atoms with E-state index in [1.54, 1.807) is 0 Å². The Hall–Kier alpha value is -1.16. The van der Waals surface area contributed by atoms with Gasteiger partial charge in [0.25, 0.3) is 0 Å². The Kier molecular flexibility index (Phi) is 8.19. The number of pyridine rings is 1. The maximum atomic E-state index is 13.3. The summed E-state index contributed by atoms with van der Waals surface area (Å²) in [6.07, 6.45) is 7.26. The normalized spacial score (nSPS) is 12.4. The summed E-state index contributed by atoms with van der Waals surface area (Å²) in [4.78, 5) is 4.08. The third-order valence-corrected chi connectivity index (χ3v) is 3.23. The lowest BCUT2D eigenvalue weighted by molar-refractivity contribution is 0.195. The predicted octanol–water partition coefficient (Wildman–Crippen LogP) is 4.07. The molecule has 0 amide bonds. The molecule has 1 N–H and O–H groups in total. The molecule has 114 valence electrons. The van der Waals surface area contributed by atoms with Gasteiger partial charge in [-0.25, -0.2) is 9.37 Å². The third kappa shape index (κ3) is 6.33. The van der Waals surface area contributed by atoms with Gasteiger partial charge in [-0.2, -0.15) is 0 Å². The predicted molar refractivity (Wildman–Crippen MR) is 80.4 cm³/mol. The molecule has 0 fully saturated rings. The number of aromatic nitrogens is 1. The molecule has 1 aromatic heterocycles. The molecule has 0 aliphatic heterocycles. The van der Waals surface area contributed by atoms with E-state index in [1.807, 2.05) is 13.8 Å². The molecule has 0 saturated carbocycles. The van der Waals surface area contributed by atoms with Crippen molar-refractivity contribution in [2.45, 2.75) is 65.5 Å². The van der Waals surface area contributed by atoms with Gasteiger partial charge < -0.3 is 10.1 Å². The van der Waals surface area contributed by atoms with Crippen LogP contribution < -0.4 is 10.1 Å². The zero-order valence-corrected chi connectivity index (χ0v) is 12.9. The van der Waals surface area contributed by atoms with Crippen LogP contribution in [0.5, 0.6) is 5.88 Å². The van der Waals surface area contributed by atoms with Gasteiger partial charge in [-0.15, -0.1) is 0 Å². The molecule has 1 unspecified atom stereocenters. The highest BCUT2D eigenvalue weighted by Gasteiger charge is 2.11. The van der Waals surface area contributed by atoms with E-state index >= 15 is 0 Å². The van der Waals surface area contributed by atoms with Crippen molar-refractivity contribution in [2.75, 3.05) is 6.54 Å². The van der Waals surface area contributed by atoms with Crippen molar-refractivity contribution in [3.63, 3.8) is 0 Å². The van der Waals surface area contributed by atoms with Gasteiger partial charge >= 0.3 is 0 Å². The fourth-order valence-electron chi connectivity index (χ4n) is 2.07. The molecule has 0 aromatic carbocycles. The fraction of sp³-hybridized carbons (Fsp3) is 0.688. The van der Waals surface area contributed by atoms with Crippen molar-refractivity contribution >= 4 is 0 Å². The molecule has 0 radical (unpaired) electrons. The second-order valence-electron chi connectivity index (χ2n) is 5.18. The molecule has 0 spiro atoms. The number of unbranched alkanes of at least 4 members (excludes halogenated alkanes) is 3. The van der Waals surface area contributed by atoms with E-state index in [9.17, 15) is 4.39 Å². The van der Waals surface area contributed by atoms with Gasteiger partial charge in [0.1, 0.15) is 5.82 Å². The summed E-state index contributed by atoms with van der Waals surface area (Å²) >= 11 is 0. The first kappa shape index (κ1) is 16.9. The maximum Gasteiger partial charge on any atom is 0.218 e. The molecule has 20 heavy (non-hydrogen) atoms. The Morgan fingerprint density at radius 3 is 2.80 bits per heavy atom. The Morgan fingerprint density at radius 1 is 1.30 bits per heavy atom. The molecule has 0 aliphatic carbocycles. The quantitative estimate of drug-likeness (QED) is 0.657. The monoisotopic (exact) mass is 282 g/mol. The lowest BCUT2D eigenvalue weighted by Gasteiger charge is -2.16. The molecule has 1 rings (SSSR count). The second-order valence-corrected chi connectivity index (χ2v) is 5.18. The molecular formula is C16H27FN2O. The number of ether oxygens (including phenoxy) is 1. The zero-order valence-electron chi connectivity index (χ0n) is 12.9. The average molecular weight is 282 g/mol. The van der Waals surface area contributed by atoms with Crippen molar-refractivity contribution in [3.05, 3.63) is 23.6 Å². The van der Waals surface area contributed by atoms with Crippen LogP contribution >= 0.6 is 0 Å². The summed E-state index contributed by atoms with van der Waals surface area (Å²) in [7, 11) is 0. The van der Waals surface area contributed by atoms with Crippen molar-refractivity contribution < 1.29 is 9.13 Å². The van der Waals surface area contributed by atoms with Gasteiger partial charge in [0.05, 0.1) is 12.3 Å². The molecule has 0 bridgehead atoms. The van der Waals surface area contributed by atoms with E-state index in [2.05, 4.69) is 17.2 Å². The van der Waals surface area contributed by atoms with Crippen molar-refractivity contribution in [2.24, 2.45) is 0 Å². The van der Waals surface area contributed by atoms with Crippen molar-refractivity contribution in [3.8, 4) is 5.88 Å². The van der Waals surface area contributed by atoms with Crippen LogP contribution in [0.2, 0.25) is 0 Å². The lowest BCUT2D eigenvalue weighted by Crippen LogP contribution is -2.17. The summed E-state index contributed by atoms with van der Waals surface area (Å²) in [6.45, 7) is 7.69. The lowest BCUT2D eigenvalue weighted by atomic mass is 10.1. The van der Waals surface area contributed by atoms with Crippen LogP contribution in [0, 0.1) is 5.82 Å². The Labute approximate surface area is 121 Å². The second kappa shape index (κ2) is 9.70. The molecule has 1 aromatic rings. The Morgan fingerprint density at radius 2 is 2.10 bits per heavy atom. The van der Waals surface area contributed by atoms with Crippen LogP contribution in [0.4, 0.5) is 4.39 Å². The number of hydrogen-bond donors (Lipinski definition) is 1. The highest BCUT2D eigenvalue weighted by atomic mass is 19.1. The number of nitrogens with one attached hydrogen (secondary N) is 1. The first-order valence-electron chi connectivity index (χ1n) is 7.69. The summed E-state index contributed by atoms with van der Waals surface area (Å²) < 4.78 is 19.1. The minimum Gasteiger partial charge on any atom is -0.474 e. The minimum absolute atomic E-state index is 0.116. The highest BCUT2D eigenvalue weighted by molar-refractivity contribution is 5.26. The first-order chi connectivity index (χ1) is 9.67. The Bertz CT molecular complexity index is 385. The van der Waals surface area contributed by atoms with E-state index in [-0.39, 0.29) is 11.9 Å². The molecule has 4 heteroatoms. The van der Waals surface area contributed by atoms with E-state index in [1.165, 1.54) is 37.9 Å². The van der Waals surface area contributed by atoms with Crippen molar-refractivity contribution in [1.82, 2.24) is 10.3 Å². The van der Waals surface area contributed by atoms with Gasteiger partial charge in [-0.3, -0.25) is 0 Å². The average Bonchev–Trinajstić information content (AvgIpc) is 2.44. The third-order valence-electron chi connectivity index (χ3n) is 3.23. The minimum atomic E-state index is -0.319. The topological polar surface area (TPSA) is 34.1 Å². The van der Waals surface area contributed by atoms with Crippen molar-refractivity contribution in [1.29, 1.82) is 0 Å². The van der Waals surface area contributed by atoms with Crippen LogP contribution in [-0.4, -0.2) is 17.6 Å². The molecule has 1 atom stereocenters. The van der Waals surface area contributed by atoms with E-state index in [4.69, 9.17) is 4.74 Å². The number of nitrogens with zero attached hydrogens (tertiary/aromatic N) is 1. The van der Waals surface area contributed by atoms with Crippen LogP contribution in [0.15, 0.2) is 12.3 Å². The first-order valence-corrected chi connectivity index (χ1v) is 7.69. The summed E-state index contributed by atoms with van der Waals surface area (Å²) in [5, 5.41) is 3.18. The summed E-state index contributed by atoms with van der Waals surface area (Å²) in [5.74, 6) is 0.233. The number of rotatable bonds is 10. The van der Waals surface area contributed by atoms with Gasteiger partial charge in [0.15, 0.2) is 0 Å². The maximum absolute atomic E-state index is 13.3. The van der Waals surface area contributed by atoms with Crippen LogP contribution in [0.1, 0.15) is 58.4 Å². The standard InChI is InChI=1S/C16H27FN2O/c1-4-6-7-8-9-13(3)20-16-14(11-18-5-2)10-15(17)12-19-16/h10,12-13,18H,4-9,11H2,1-3H3. The van der Waals surface area contributed by atoms with Crippen LogP contribution in [0.25, 0.3) is 0 Å². The highest BCUT2D eigenvalue weighted by Crippen LogP contribution is 2.19.